The van der Waals surface area contributed by atoms with Gasteiger partial charge in [0.05, 0.1) is 22.9 Å². The van der Waals surface area contributed by atoms with E-state index in [9.17, 15) is 4.79 Å². The average molecular weight is 366 g/mol. The van der Waals surface area contributed by atoms with Crippen molar-refractivity contribution >= 4 is 33.3 Å². The average Bonchev–Trinajstić information content (AvgIpc) is 2.96. The van der Waals surface area contributed by atoms with E-state index in [0.29, 0.717) is 24.6 Å². The number of aryl methyl sites for hydroxylation is 1. The molecule has 1 atom stereocenters. The van der Waals surface area contributed by atoms with Crippen LogP contribution in [0, 0.1) is 6.92 Å². The zero-order valence-electron chi connectivity index (χ0n) is 15.2. The van der Waals surface area contributed by atoms with Crippen LogP contribution < -0.4 is 10.6 Å². The van der Waals surface area contributed by atoms with Gasteiger partial charge in [-0.05, 0) is 25.3 Å². The lowest BCUT2D eigenvalue weighted by molar-refractivity contribution is 0.0952. The lowest BCUT2D eigenvalue weighted by Crippen LogP contribution is -2.25. The Hall–Kier alpha value is -1.77. The van der Waals surface area contributed by atoms with Gasteiger partial charge >= 0.3 is 0 Å². The number of nitrogens with one attached hydrogen (secondary N) is 2. The van der Waals surface area contributed by atoms with Gasteiger partial charge in [-0.15, -0.1) is 11.3 Å². The van der Waals surface area contributed by atoms with Gasteiger partial charge in [-0.3, -0.25) is 4.79 Å². The number of fused-ring (bicyclic) bond motifs is 1. The molecule has 0 aliphatic rings. The van der Waals surface area contributed by atoms with E-state index in [1.165, 1.54) is 17.7 Å². The van der Waals surface area contributed by atoms with Gasteiger partial charge in [0.15, 0.2) is 0 Å². The van der Waals surface area contributed by atoms with Gasteiger partial charge in [0.2, 0.25) is 0 Å². The van der Waals surface area contributed by atoms with Crippen LogP contribution in [-0.2, 0) is 9.47 Å². The molecule has 2 aromatic heterocycles. The zero-order chi connectivity index (χ0) is 18.2. The van der Waals surface area contributed by atoms with Crippen LogP contribution in [0.5, 0.6) is 0 Å². The maximum absolute atomic E-state index is 12.5. The van der Waals surface area contributed by atoms with E-state index in [-0.39, 0.29) is 11.9 Å². The van der Waals surface area contributed by atoms with Crippen LogP contribution >= 0.6 is 11.3 Å². The molecule has 2 aromatic rings. The third-order valence-corrected chi connectivity index (χ3v) is 5.14. The van der Waals surface area contributed by atoms with Crippen molar-refractivity contribution in [2.75, 3.05) is 39.3 Å². The van der Waals surface area contributed by atoms with Gasteiger partial charge in [-0.1, -0.05) is 6.92 Å². The molecule has 0 saturated heterocycles. The Morgan fingerprint density at radius 1 is 1.32 bits per heavy atom. The molecule has 2 N–H and O–H groups in total. The number of ether oxygens (including phenoxy) is 2. The van der Waals surface area contributed by atoms with Crippen molar-refractivity contribution in [3.05, 3.63) is 16.8 Å². The first kappa shape index (κ1) is 19.6. The number of hydrogen-bond acceptors (Lipinski definition) is 7. The Morgan fingerprint density at radius 2 is 2.12 bits per heavy atom. The molecule has 1 amide bonds. The van der Waals surface area contributed by atoms with Gasteiger partial charge in [0, 0.05) is 27.4 Å². The van der Waals surface area contributed by atoms with Crippen LogP contribution in [-0.4, -0.2) is 55.9 Å². The van der Waals surface area contributed by atoms with Gasteiger partial charge < -0.3 is 20.1 Å². The SMILES string of the molecule is CC[C@@H](COC)Nc1ncnc2sc(C(=O)NCCCOC)c(C)c12. The van der Waals surface area contributed by atoms with E-state index < -0.39 is 0 Å². The van der Waals surface area contributed by atoms with Crippen molar-refractivity contribution in [3.63, 3.8) is 0 Å². The molecule has 0 saturated carbocycles. The van der Waals surface area contributed by atoms with E-state index in [4.69, 9.17) is 9.47 Å². The third kappa shape index (κ3) is 4.87. The lowest BCUT2D eigenvalue weighted by atomic mass is 10.1. The van der Waals surface area contributed by atoms with E-state index in [1.807, 2.05) is 6.92 Å². The summed E-state index contributed by atoms with van der Waals surface area (Å²) in [5, 5.41) is 7.24. The number of anilines is 1. The minimum Gasteiger partial charge on any atom is -0.385 e. The molecule has 0 spiro atoms. The Labute approximate surface area is 152 Å². The summed E-state index contributed by atoms with van der Waals surface area (Å²) in [7, 11) is 3.33. The lowest BCUT2D eigenvalue weighted by Gasteiger charge is -2.17. The van der Waals surface area contributed by atoms with Crippen LogP contribution in [0.2, 0.25) is 0 Å². The highest BCUT2D eigenvalue weighted by Gasteiger charge is 2.20. The van der Waals surface area contributed by atoms with E-state index in [2.05, 4.69) is 27.5 Å². The molecule has 0 unspecified atom stereocenters. The Balaban J connectivity index is 2.23. The van der Waals surface area contributed by atoms with Crippen molar-refractivity contribution in [3.8, 4) is 0 Å². The molecule has 138 valence electrons. The molecule has 0 fully saturated rings. The summed E-state index contributed by atoms with van der Waals surface area (Å²) < 4.78 is 10.2. The minimum atomic E-state index is -0.0773. The van der Waals surface area contributed by atoms with Gasteiger partial charge in [0.25, 0.3) is 5.91 Å². The second-order valence-corrected chi connectivity index (χ2v) is 6.76. The summed E-state index contributed by atoms with van der Waals surface area (Å²) >= 11 is 1.39. The summed E-state index contributed by atoms with van der Waals surface area (Å²) in [5.74, 6) is 0.674. The largest absolute Gasteiger partial charge is 0.385 e. The molecule has 0 bridgehead atoms. The number of carbonyl (C=O) groups is 1. The van der Waals surface area contributed by atoms with Crippen LogP contribution in [0.3, 0.4) is 0 Å². The number of amides is 1. The van der Waals surface area contributed by atoms with E-state index in [0.717, 1.165) is 34.4 Å². The third-order valence-electron chi connectivity index (χ3n) is 3.95. The highest BCUT2D eigenvalue weighted by molar-refractivity contribution is 7.20. The number of methoxy groups -OCH3 is 2. The van der Waals surface area contributed by atoms with Crippen molar-refractivity contribution in [1.29, 1.82) is 0 Å². The summed E-state index contributed by atoms with van der Waals surface area (Å²) in [6, 6.07) is 0.161. The standard InChI is InChI=1S/C17H26N4O3S/c1-5-12(9-24-4)21-15-13-11(2)14(25-17(13)20-10-19-15)16(22)18-7-6-8-23-3/h10,12H,5-9H2,1-4H3,(H,18,22)(H,19,20,21)/t12-/m0/s1. The number of rotatable bonds is 10. The van der Waals surface area contributed by atoms with Gasteiger partial charge in [0.1, 0.15) is 17.0 Å². The molecule has 7 nitrogen and oxygen atoms in total. The topological polar surface area (TPSA) is 85.4 Å². The molecule has 8 heteroatoms. The fourth-order valence-electron chi connectivity index (χ4n) is 2.55. The predicted molar refractivity (Wildman–Crippen MR) is 101 cm³/mol. The fourth-order valence-corrected chi connectivity index (χ4v) is 3.62. The molecule has 0 aliphatic carbocycles. The number of hydrogen-bond donors (Lipinski definition) is 2. The Kier molecular flexibility index (Phi) is 7.54. The molecule has 25 heavy (non-hydrogen) atoms. The summed E-state index contributed by atoms with van der Waals surface area (Å²) in [4.78, 5) is 22.7. The summed E-state index contributed by atoms with van der Waals surface area (Å²) in [6.07, 6.45) is 3.23. The monoisotopic (exact) mass is 366 g/mol. The summed E-state index contributed by atoms with van der Waals surface area (Å²) in [5.41, 5.74) is 0.902. The maximum Gasteiger partial charge on any atom is 0.261 e. The second kappa shape index (κ2) is 9.65. The highest BCUT2D eigenvalue weighted by atomic mass is 32.1. The number of thiophene rings is 1. The first-order valence-electron chi connectivity index (χ1n) is 8.39. The smallest absolute Gasteiger partial charge is 0.261 e. The van der Waals surface area contributed by atoms with Crippen LogP contribution in [0.1, 0.15) is 35.0 Å². The zero-order valence-corrected chi connectivity index (χ0v) is 16.0. The number of aromatic nitrogens is 2. The molecule has 0 radical (unpaired) electrons. The number of carbonyl (C=O) groups excluding carboxylic acids is 1. The molecule has 0 aromatic carbocycles. The normalized spacial score (nSPS) is 12.3. The van der Waals surface area contributed by atoms with Gasteiger partial charge in [-0.2, -0.15) is 0 Å². The molecular formula is C17H26N4O3S. The first-order chi connectivity index (χ1) is 12.1. The predicted octanol–water partition coefficient (Wildman–Crippen LogP) is 2.60. The minimum absolute atomic E-state index is 0.0773. The van der Waals surface area contributed by atoms with E-state index >= 15 is 0 Å². The molecule has 2 rings (SSSR count). The maximum atomic E-state index is 12.5. The highest BCUT2D eigenvalue weighted by Crippen LogP contribution is 2.33. The van der Waals surface area contributed by atoms with Crippen LogP contribution in [0.15, 0.2) is 6.33 Å². The summed E-state index contributed by atoms with van der Waals surface area (Å²) in [6.45, 7) is 5.84. The van der Waals surface area contributed by atoms with Crippen molar-refractivity contribution in [2.24, 2.45) is 0 Å². The van der Waals surface area contributed by atoms with Crippen molar-refractivity contribution < 1.29 is 14.3 Å². The van der Waals surface area contributed by atoms with Gasteiger partial charge in [-0.25, -0.2) is 9.97 Å². The molecular weight excluding hydrogens is 340 g/mol. The fraction of sp³-hybridized carbons (Fsp3) is 0.588. The quantitative estimate of drug-likeness (QED) is 0.629. The van der Waals surface area contributed by atoms with Crippen molar-refractivity contribution in [1.82, 2.24) is 15.3 Å². The molecule has 2 heterocycles. The van der Waals surface area contributed by atoms with E-state index in [1.54, 1.807) is 14.2 Å². The van der Waals surface area contributed by atoms with Crippen LogP contribution in [0.4, 0.5) is 5.82 Å². The Bertz CT molecular complexity index is 705. The molecule has 0 aliphatic heterocycles. The first-order valence-corrected chi connectivity index (χ1v) is 9.20. The second-order valence-electron chi connectivity index (χ2n) is 5.77. The number of nitrogens with zero attached hydrogens (tertiary/aromatic N) is 2. The Morgan fingerprint density at radius 3 is 2.80 bits per heavy atom. The van der Waals surface area contributed by atoms with Crippen molar-refractivity contribution in [2.45, 2.75) is 32.7 Å². The van der Waals surface area contributed by atoms with Crippen LogP contribution in [0.25, 0.3) is 10.2 Å².